The highest BCUT2D eigenvalue weighted by atomic mass is 32.1. The van der Waals surface area contributed by atoms with E-state index in [1.165, 1.54) is 85.4 Å². The lowest BCUT2D eigenvalue weighted by molar-refractivity contribution is 0.179. The summed E-state index contributed by atoms with van der Waals surface area (Å²) in [5.41, 5.74) is 2.41. The van der Waals surface area contributed by atoms with Crippen LogP contribution in [0.1, 0.15) is 85.9 Å². The Morgan fingerprint density at radius 1 is 0.688 bits per heavy atom. The lowest BCUT2D eigenvalue weighted by atomic mass is 9.61. The minimum absolute atomic E-state index is 0.222. The van der Waals surface area contributed by atoms with Crippen molar-refractivity contribution in [3.05, 3.63) is 69.9 Å². The second-order valence-corrected chi connectivity index (χ2v) is 12.8. The molecule has 2 aromatic heterocycles. The lowest BCUT2D eigenvalue weighted by Crippen LogP contribution is -2.41. The van der Waals surface area contributed by atoms with Gasteiger partial charge >= 0.3 is 0 Å². The van der Waals surface area contributed by atoms with Gasteiger partial charge in [0, 0.05) is 30.0 Å². The van der Waals surface area contributed by atoms with Gasteiger partial charge in [-0.15, -0.1) is 22.7 Å². The molecule has 2 atom stereocenters. The Labute approximate surface area is 199 Å². The molecule has 0 radical (unpaired) electrons. The van der Waals surface area contributed by atoms with E-state index in [1.54, 1.807) is 15.8 Å². The number of fused-ring (bicyclic) bond motifs is 8. The molecule has 3 aliphatic rings. The molecule has 0 N–H and O–H groups in total. The Morgan fingerprint density at radius 3 is 2.25 bits per heavy atom. The number of benzene rings is 2. The molecule has 164 valence electrons. The van der Waals surface area contributed by atoms with Crippen molar-refractivity contribution >= 4 is 42.8 Å². The average Bonchev–Trinajstić information content (AvgIpc) is 3.33. The van der Waals surface area contributed by atoms with Gasteiger partial charge in [-0.05, 0) is 66.1 Å². The Morgan fingerprint density at radius 2 is 1.41 bits per heavy atom. The van der Waals surface area contributed by atoms with Crippen LogP contribution in [0.5, 0.6) is 0 Å². The molecule has 0 saturated heterocycles. The number of hydrogen-bond donors (Lipinski definition) is 0. The van der Waals surface area contributed by atoms with Crippen LogP contribution in [-0.4, -0.2) is 0 Å². The van der Waals surface area contributed by atoms with Gasteiger partial charge in [0.1, 0.15) is 0 Å². The highest BCUT2D eigenvalue weighted by molar-refractivity contribution is 7.20. The summed E-state index contributed by atoms with van der Waals surface area (Å²) in [5, 5.41) is 3.03. The van der Waals surface area contributed by atoms with Gasteiger partial charge in [0.05, 0.1) is 0 Å². The van der Waals surface area contributed by atoms with Gasteiger partial charge in [-0.25, -0.2) is 0 Å². The summed E-state index contributed by atoms with van der Waals surface area (Å²) in [6.45, 7) is 0. The zero-order chi connectivity index (χ0) is 21.2. The van der Waals surface area contributed by atoms with Crippen LogP contribution in [0.15, 0.2) is 54.6 Å². The highest BCUT2D eigenvalue weighted by Crippen LogP contribution is 2.69. The normalized spacial score (nSPS) is 27.3. The first kappa shape index (κ1) is 19.8. The fourth-order valence-corrected chi connectivity index (χ4v) is 10.9. The van der Waals surface area contributed by atoms with E-state index in [-0.39, 0.29) is 5.41 Å². The zero-order valence-electron chi connectivity index (χ0n) is 18.9. The second-order valence-electron chi connectivity index (χ2n) is 10.6. The third kappa shape index (κ3) is 2.60. The number of hydrogen-bond acceptors (Lipinski definition) is 2. The van der Waals surface area contributed by atoms with Crippen LogP contribution in [0.25, 0.3) is 20.2 Å². The van der Waals surface area contributed by atoms with Crippen LogP contribution in [0.2, 0.25) is 0 Å². The molecule has 3 aliphatic carbocycles. The van der Waals surface area contributed by atoms with E-state index in [0.29, 0.717) is 5.41 Å². The molecule has 2 heterocycles. The molecule has 2 fully saturated rings. The lowest BCUT2D eigenvalue weighted by Gasteiger charge is -2.43. The van der Waals surface area contributed by atoms with Crippen molar-refractivity contribution in [1.82, 2.24) is 0 Å². The fraction of sp³-hybridized carbons (Fsp3) is 0.467. The molecule has 0 unspecified atom stereocenters. The van der Waals surface area contributed by atoms with Crippen molar-refractivity contribution in [2.24, 2.45) is 5.92 Å². The molecule has 0 nitrogen and oxygen atoms in total. The van der Waals surface area contributed by atoms with Crippen LogP contribution >= 0.6 is 22.7 Å². The summed E-state index contributed by atoms with van der Waals surface area (Å²) in [6, 6.07) is 21.1. The second kappa shape index (κ2) is 7.43. The van der Waals surface area contributed by atoms with Gasteiger partial charge < -0.3 is 0 Å². The maximum atomic E-state index is 2.60. The van der Waals surface area contributed by atoms with Crippen molar-refractivity contribution in [3.63, 3.8) is 0 Å². The number of thiophene rings is 2. The van der Waals surface area contributed by atoms with E-state index in [2.05, 4.69) is 77.3 Å². The number of rotatable bonds is 1. The van der Waals surface area contributed by atoms with Crippen LogP contribution < -0.4 is 0 Å². The predicted molar refractivity (Wildman–Crippen MR) is 140 cm³/mol. The largest absolute Gasteiger partial charge is 0.139 e. The monoisotopic (exact) mass is 456 g/mol. The highest BCUT2D eigenvalue weighted by Gasteiger charge is 2.62. The average molecular weight is 457 g/mol. The molecular formula is C30H32S2. The summed E-state index contributed by atoms with van der Waals surface area (Å²) in [5.74, 6) is 0.787. The van der Waals surface area contributed by atoms with Crippen molar-refractivity contribution in [3.8, 4) is 0 Å². The maximum absolute atomic E-state index is 2.60. The van der Waals surface area contributed by atoms with E-state index >= 15 is 0 Å². The fourth-order valence-electron chi connectivity index (χ4n) is 7.95. The van der Waals surface area contributed by atoms with E-state index in [9.17, 15) is 0 Å². The van der Waals surface area contributed by atoms with Crippen molar-refractivity contribution < 1.29 is 0 Å². The third-order valence-corrected chi connectivity index (χ3v) is 11.9. The first-order chi connectivity index (χ1) is 15.8. The minimum atomic E-state index is 0.222. The molecule has 0 amide bonds. The molecule has 7 rings (SSSR count). The quantitative estimate of drug-likeness (QED) is 0.267. The summed E-state index contributed by atoms with van der Waals surface area (Å²) >= 11 is 4.29. The van der Waals surface area contributed by atoms with Crippen LogP contribution in [0.3, 0.4) is 0 Å². The molecule has 0 bridgehead atoms. The predicted octanol–water partition coefficient (Wildman–Crippen LogP) is 9.59. The van der Waals surface area contributed by atoms with Gasteiger partial charge in [-0.3, -0.25) is 0 Å². The van der Waals surface area contributed by atoms with E-state index in [1.807, 2.05) is 4.88 Å². The molecule has 4 aromatic rings. The van der Waals surface area contributed by atoms with Gasteiger partial charge in [0.25, 0.3) is 0 Å². The van der Waals surface area contributed by atoms with Crippen LogP contribution in [0, 0.1) is 5.92 Å². The minimum Gasteiger partial charge on any atom is -0.139 e. The first-order valence-corrected chi connectivity index (χ1v) is 14.5. The van der Waals surface area contributed by atoms with E-state index < -0.39 is 0 Å². The standard InChI is InChI=1S/C30H32S2/c1-2-10-18-29(17-9-1)25-16-4-3-11-19-30(25,26-20-21-12-5-7-14-23(21)31-26)27-22-13-6-8-15-24(22)32-28(27)29/h5-8,12-15,20,25H,1-4,9-11,16-19H2/t25-,30-/m0/s1. The molecule has 1 spiro atoms. The van der Waals surface area contributed by atoms with Crippen molar-refractivity contribution in [2.75, 3.05) is 0 Å². The topological polar surface area (TPSA) is 0 Å². The van der Waals surface area contributed by atoms with Gasteiger partial charge in [-0.1, -0.05) is 81.3 Å². The molecule has 2 heteroatoms. The molecule has 2 aromatic carbocycles. The van der Waals surface area contributed by atoms with Crippen molar-refractivity contribution in [1.29, 1.82) is 0 Å². The molecule has 32 heavy (non-hydrogen) atoms. The first-order valence-electron chi connectivity index (χ1n) is 12.8. The van der Waals surface area contributed by atoms with Gasteiger partial charge in [0.2, 0.25) is 0 Å². The summed E-state index contributed by atoms with van der Waals surface area (Å²) in [4.78, 5) is 3.49. The van der Waals surface area contributed by atoms with E-state index in [4.69, 9.17) is 0 Å². The molecular weight excluding hydrogens is 424 g/mol. The van der Waals surface area contributed by atoms with Crippen LogP contribution in [-0.2, 0) is 10.8 Å². The Bertz CT molecular complexity index is 1250. The smallest absolute Gasteiger partial charge is 0.0351 e. The summed E-state index contributed by atoms with van der Waals surface area (Å²) in [6.07, 6.45) is 15.5. The summed E-state index contributed by atoms with van der Waals surface area (Å²) in [7, 11) is 0. The zero-order valence-corrected chi connectivity index (χ0v) is 20.5. The summed E-state index contributed by atoms with van der Waals surface area (Å²) < 4.78 is 3.01. The van der Waals surface area contributed by atoms with Gasteiger partial charge in [0.15, 0.2) is 0 Å². The Kier molecular flexibility index (Phi) is 4.60. The SMILES string of the molecule is c1ccc2sc([C@]34CCCCC[C@H]3C3(CCCCCC3)c3sc5ccccc5c34)cc2c1. The molecule has 2 saturated carbocycles. The maximum Gasteiger partial charge on any atom is 0.0351 e. The molecule has 0 aliphatic heterocycles. The van der Waals surface area contributed by atoms with Crippen molar-refractivity contribution in [2.45, 2.75) is 81.5 Å². The Hall–Kier alpha value is -1.64. The third-order valence-electron chi connectivity index (χ3n) is 9.18. The van der Waals surface area contributed by atoms with Gasteiger partial charge in [-0.2, -0.15) is 0 Å². The van der Waals surface area contributed by atoms with E-state index in [0.717, 1.165) is 5.92 Å². The Balaban J connectivity index is 1.58. The van der Waals surface area contributed by atoms with Crippen LogP contribution in [0.4, 0.5) is 0 Å².